The van der Waals surface area contributed by atoms with Crippen LogP contribution in [0, 0.1) is 5.92 Å². The highest BCUT2D eigenvalue weighted by Gasteiger charge is 2.43. The Morgan fingerprint density at radius 3 is 2.84 bits per heavy atom. The maximum absolute atomic E-state index is 12.9. The number of amides is 2. The van der Waals surface area contributed by atoms with Crippen LogP contribution < -0.4 is 10.7 Å². The van der Waals surface area contributed by atoms with E-state index in [1.165, 1.54) is 5.56 Å². The number of likely N-dealkylation sites (N-methyl/N-ethyl adjacent to an activating group) is 1. The first-order valence-electron chi connectivity index (χ1n) is 10.7. The number of H-pyrrole nitrogens is 1. The summed E-state index contributed by atoms with van der Waals surface area (Å²) in [4.78, 5) is 31.0. The van der Waals surface area contributed by atoms with Crippen molar-refractivity contribution in [2.75, 3.05) is 26.0 Å². The predicted octanol–water partition coefficient (Wildman–Crippen LogP) is 3.56. The maximum atomic E-state index is 12.9. The SMILES string of the molecule is CN(C)CC=Cc1[nH]c2cc(NC(=O)[C@@H]3C[C@H]3c3ccccc3)cc3c2c1C=NNC3=O. The third kappa shape index (κ3) is 3.83. The second kappa shape index (κ2) is 8.09. The molecule has 2 amide bonds. The molecule has 7 heteroatoms. The molecule has 2 heterocycles. The number of rotatable bonds is 6. The molecule has 0 saturated heterocycles. The lowest BCUT2D eigenvalue weighted by Gasteiger charge is -2.08. The van der Waals surface area contributed by atoms with E-state index in [0.717, 1.165) is 35.1 Å². The van der Waals surface area contributed by atoms with Crippen molar-refractivity contribution in [1.82, 2.24) is 15.3 Å². The van der Waals surface area contributed by atoms with Crippen molar-refractivity contribution in [3.63, 3.8) is 0 Å². The Balaban J connectivity index is 1.44. The summed E-state index contributed by atoms with van der Waals surface area (Å²) in [5, 5.41) is 7.89. The molecule has 1 saturated carbocycles. The molecular formula is C25H25N5O2. The van der Waals surface area contributed by atoms with E-state index in [4.69, 9.17) is 0 Å². The van der Waals surface area contributed by atoms with Crippen LogP contribution in [0.25, 0.3) is 17.0 Å². The Morgan fingerprint density at radius 1 is 1.25 bits per heavy atom. The van der Waals surface area contributed by atoms with Gasteiger partial charge in [-0.1, -0.05) is 36.4 Å². The number of hydrazone groups is 1. The first-order chi connectivity index (χ1) is 15.5. The van der Waals surface area contributed by atoms with Gasteiger partial charge in [-0.2, -0.15) is 5.10 Å². The summed E-state index contributed by atoms with van der Waals surface area (Å²) in [5.41, 5.74) is 7.35. The molecule has 5 rings (SSSR count). The Hall–Kier alpha value is -3.71. The van der Waals surface area contributed by atoms with Crippen molar-refractivity contribution in [1.29, 1.82) is 0 Å². The molecule has 2 aromatic carbocycles. The molecule has 32 heavy (non-hydrogen) atoms. The van der Waals surface area contributed by atoms with Crippen LogP contribution in [-0.4, -0.2) is 48.6 Å². The van der Waals surface area contributed by atoms with E-state index >= 15 is 0 Å². The van der Waals surface area contributed by atoms with Crippen molar-refractivity contribution < 1.29 is 9.59 Å². The van der Waals surface area contributed by atoms with Crippen LogP contribution in [0.5, 0.6) is 0 Å². The third-order valence-electron chi connectivity index (χ3n) is 5.95. The minimum absolute atomic E-state index is 0.0198. The predicted molar refractivity (Wildman–Crippen MR) is 127 cm³/mol. The molecule has 3 N–H and O–H groups in total. The van der Waals surface area contributed by atoms with E-state index in [9.17, 15) is 9.59 Å². The number of carbonyl (C=O) groups excluding carboxylic acids is 2. The molecule has 1 fully saturated rings. The molecule has 2 atom stereocenters. The van der Waals surface area contributed by atoms with Gasteiger partial charge in [-0.3, -0.25) is 9.59 Å². The molecule has 7 nitrogen and oxygen atoms in total. The van der Waals surface area contributed by atoms with Crippen molar-refractivity contribution in [2.45, 2.75) is 12.3 Å². The van der Waals surface area contributed by atoms with Gasteiger partial charge in [0, 0.05) is 40.3 Å². The Morgan fingerprint density at radius 2 is 2.06 bits per heavy atom. The summed E-state index contributed by atoms with van der Waals surface area (Å²) >= 11 is 0. The number of aromatic nitrogens is 1. The van der Waals surface area contributed by atoms with Gasteiger partial charge < -0.3 is 15.2 Å². The minimum Gasteiger partial charge on any atom is -0.354 e. The van der Waals surface area contributed by atoms with Gasteiger partial charge in [-0.25, -0.2) is 5.43 Å². The fraction of sp³-hybridized carbons (Fsp3) is 0.240. The zero-order valence-electron chi connectivity index (χ0n) is 18.1. The molecular weight excluding hydrogens is 402 g/mol. The second-order valence-corrected chi connectivity index (χ2v) is 8.61. The van der Waals surface area contributed by atoms with Crippen molar-refractivity contribution >= 4 is 40.7 Å². The molecule has 1 aliphatic carbocycles. The number of nitrogens with one attached hydrogen (secondary N) is 3. The number of carbonyl (C=O) groups is 2. The van der Waals surface area contributed by atoms with Gasteiger partial charge in [0.1, 0.15) is 0 Å². The lowest BCUT2D eigenvalue weighted by molar-refractivity contribution is -0.117. The van der Waals surface area contributed by atoms with Crippen LogP contribution in [0.3, 0.4) is 0 Å². The van der Waals surface area contributed by atoms with Gasteiger partial charge in [0.2, 0.25) is 5.91 Å². The highest BCUT2D eigenvalue weighted by Crippen LogP contribution is 2.48. The van der Waals surface area contributed by atoms with Crippen LogP contribution in [0.2, 0.25) is 0 Å². The normalized spacial score (nSPS) is 19.4. The van der Waals surface area contributed by atoms with Gasteiger partial charge in [-0.05, 0) is 50.2 Å². The monoisotopic (exact) mass is 427 g/mol. The molecule has 0 radical (unpaired) electrons. The van der Waals surface area contributed by atoms with Crippen molar-refractivity contribution in [3.8, 4) is 0 Å². The van der Waals surface area contributed by atoms with Gasteiger partial charge in [0.25, 0.3) is 5.91 Å². The van der Waals surface area contributed by atoms with Gasteiger partial charge in [0.05, 0.1) is 11.8 Å². The lowest BCUT2D eigenvalue weighted by atomic mass is 10.0. The second-order valence-electron chi connectivity index (χ2n) is 8.61. The number of nitrogens with zero attached hydrogens (tertiary/aromatic N) is 2. The Kier molecular flexibility index (Phi) is 5.11. The minimum atomic E-state index is -0.294. The van der Waals surface area contributed by atoms with E-state index in [1.807, 2.05) is 50.5 Å². The van der Waals surface area contributed by atoms with Gasteiger partial charge in [0.15, 0.2) is 0 Å². The first kappa shape index (κ1) is 20.2. The fourth-order valence-electron chi connectivity index (χ4n) is 4.28. The molecule has 0 spiro atoms. The van der Waals surface area contributed by atoms with E-state index in [1.54, 1.807) is 12.3 Å². The summed E-state index contributed by atoms with van der Waals surface area (Å²) in [6, 6.07) is 13.7. The summed E-state index contributed by atoms with van der Waals surface area (Å²) < 4.78 is 0. The number of benzene rings is 2. The summed E-state index contributed by atoms with van der Waals surface area (Å²) in [5.74, 6) is -0.108. The van der Waals surface area contributed by atoms with Gasteiger partial charge in [-0.15, -0.1) is 0 Å². The van der Waals surface area contributed by atoms with Crippen LogP contribution in [0.1, 0.15) is 39.5 Å². The smallest absolute Gasteiger partial charge is 0.272 e. The Bertz CT molecular complexity index is 1260. The molecule has 0 unspecified atom stereocenters. The van der Waals surface area contributed by atoms with E-state index in [0.29, 0.717) is 11.3 Å². The van der Waals surface area contributed by atoms with Crippen LogP contribution in [-0.2, 0) is 4.79 Å². The largest absolute Gasteiger partial charge is 0.354 e. The van der Waals surface area contributed by atoms with Crippen LogP contribution >= 0.6 is 0 Å². The molecule has 0 bridgehead atoms. The average Bonchev–Trinajstić information content (AvgIpc) is 3.53. The van der Waals surface area contributed by atoms with E-state index < -0.39 is 0 Å². The van der Waals surface area contributed by atoms with Gasteiger partial charge >= 0.3 is 0 Å². The zero-order chi connectivity index (χ0) is 22.2. The third-order valence-corrected chi connectivity index (χ3v) is 5.95. The fourth-order valence-corrected chi connectivity index (χ4v) is 4.28. The van der Waals surface area contributed by atoms with Crippen molar-refractivity contribution in [2.24, 2.45) is 11.0 Å². The number of anilines is 1. The quantitative estimate of drug-likeness (QED) is 0.562. The first-order valence-corrected chi connectivity index (χ1v) is 10.7. The summed E-state index contributed by atoms with van der Waals surface area (Å²) in [6.45, 7) is 0.793. The highest BCUT2D eigenvalue weighted by molar-refractivity contribution is 6.17. The lowest BCUT2D eigenvalue weighted by Crippen LogP contribution is -2.18. The maximum Gasteiger partial charge on any atom is 0.272 e. The summed E-state index contributed by atoms with van der Waals surface area (Å²) in [6.07, 6.45) is 6.55. The number of aromatic amines is 1. The molecule has 2 aliphatic rings. The summed E-state index contributed by atoms with van der Waals surface area (Å²) in [7, 11) is 4.01. The van der Waals surface area contributed by atoms with E-state index in [-0.39, 0.29) is 23.7 Å². The molecule has 162 valence electrons. The number of hydrogen-bond acceptors (Lipinski definition) is 4. The van der Waals surface area contributed by atoms with Crippen molar-refractivity contribution in [3.05, 3.63) is 70.9 Å². The topological polar surface area (TPSA) is 89.6 Å². The molecule has 1 aromatic heterocycles. The van der Waals surface area contributed by atoms with Crippen LogP contribution in [0.15, 0.2) is 53.6 Å². The highest BCUT2D eigenvalue weighted by atomic mass is 16.2. The van der Waals surface area contributed by atoms with Crippen LogP contribution in [0.4, 0.5) is 5.69 Å². The molecule has 3 aromatic rings. The number of hydrogen-bond donors (Lipinski definition) is 3. The average molecular weight is 428 g/mol. The standard InChI is InChI=1S/C25H25N5O2/c1-30(2)10-6-9-21-20-14-26-29-25(32)19-11-16(12-22(28-21)23(19)20)27-24(31)18-13-17(18)15-7-4-3-5-8-15/h3-9,11-12,14,17-18,28H,10,13H2,1-2H3,(H,27,31)(H,29,32)/t17-,18+/m0/s1. The van der Waals surface area contributed by atoms with E-state index in [2.05, 4.69) is 37.9 Å². The molecule has 1 aliphatic heterocycles. The Labute approximate surface area is 186 Å². The zero-order valence-corrected chi connectivity index (χ0v) is 18.1.